The van der Waals surface area contributed by atoms with Crippen LogP contribution < -0.4 is 0 Å². The Morgan fingerprint density at radius 3 is 2.60 bits per heavy atom. The molecule has 0 unspecified atom stereocenters. The first-order chi connectivity index (χ1) is 9.75. The monoisotopic (exact) mass is 280 g/mol. The molecule has 3 rings (SSSR count). The van der Waals surface area contributed by atoms with Crippen molar-refractivity contribution in [1.29, 1.82) is 0 Å². The van der Waals surface area contributed by atoms with Crippen LogP contribution in [-0.4, -0.2) is 19.9 Å². The maximum Gasteiger partial charge on any atom is 0.159 e. The van der Waals surface area contributed by atoms with Crippen LogP contribution in [0.4, 0.5) is 0 Å². The molecule has 0 amide bonds. The highest BCUT2D eigenvalue weighted by atomic mass is 32.1. The molecule has 0 radical (unpaired) electrons. The Balaban J connectivity index is 2.22. The van der Waals surface area contributed by atoms with Gasteiger partial charge in [-0.05, 0) is 12.5 Å². The smallest absolute Gasteiger partial charge is 0.159 e. The Labute approximate surface area is 121 Å². The summed E-state index contributed by atoms with van der Waals surface area (Å²) in [6.45, 7) is 1.97. The number of hydrogen-bond donors (Lipinski definition) is 1. The highest BCUT2D eigenvalue weighted by molar-refractivity contribution is 7.71. The molecule has 0 saturated heterocycles. The van der Waals surface area contributed by atoms with Crippen molar-refractivity contribution in [2.75, 3.05) is 0 Å². The van der Waals surface area contributed by atoms with Gasteiger partial charge in [-0.15, -0.1) is 0 Å². The van der Waals surface area contributed by atoms with Crippen LogP contribution in [0.2, 0.25) is 0 Å². The van der Waals surface area contributed by atoms with E-state index in [1.165, 1.54) is 0 Å². The zero-order valence-corrected chi connectivity index (χ0v) is 11.7. The van der Waals surface area contributed by atoms with E-state index in [1.54, 1.807) is 18.6 Å². The van der Waals surface area contributed by atoms with Gasteiger partial charge in [0.1, 0.15) is 10.3 Å². The molecular weight excluding hydrogens is 268 g/mol. The van der Waals surface area contributed by atoms with E-state index in [1.807, 2.05) is 37.3 Å². The topological polar surface area (TPSA) is 54.5 Å². The van der Waals surface area contributed by atoms with Crippen molar-refractivity contribution in [2.24, 2.45) is 0 Å². The maximum absolute atomic E-state index is 5.35. The summed E-state index contributed by atoms with van der Waals surface area (Å²) in [6, 6.07) is 10.0. The van der Waals surface area contributed by atoms with Crippen molar-refractivity contribution < 1.29 is 0 Å². The number of rotatable bonds is 2. The molecule has 5 heteroatoms. The van der Waals surface area contributed by atoms with Gasteiger partial charge in [0.2, 0.25) is 0 Å². The fourth-order valence-electron chi connectivity index (χ4n) is 1.97. The third kappa shape index (κ3) is 2.35. The van der Waals surface area contributed by atoms with Crippen LogP contribution in [-0.2, 0) is 0 Å². The first-order valence-electron chi connectivity index (χ1n) is 6.18. The van der Waals surface area contributed by atoms with Gasteiger partial charge in [-0.2, -0.15) is 0 Å². The molecule has 4 nitrogen and oxygen atoms in total. The molecule has 2 heterocycles. The largest absolute Gasteiger partial charge is 0.338 e. The summed E-state index contributed by atoms with van der Waals surface area (Å²) in [5.41, 5.74) is 3.67. The van der Waals surface area contributed by atoms with E-state index in [2.05, 4.69) is 19.9 Å². The highest BCUT2D eigenvalue weighted by Crippen LogP contribution is 2.23. The lowest BCUT2D eigenvalue weighted by atomic mass is 10.1. The zero-order chi connectivity index (χ0) is 13.9. The van der Waals surface area contributed by atoms with E-state index >= 15 is 0 Å². The predicted octanol–water partition coefficient (Wildman–Crippen LogP) is 3.57. The average Bonchev–Trinajstić information content (AvgIpc) is 2.51. The van der Waals surface area contributed by atoms with Crippen LogP contribution in [0.1, 0.15) is 5.56 Å². The van der Waals surface area contributed by atoms with Gasteiger partial charge in [0.25, 0.3) is 0 Å². The lowest BCUT2D eigenvalue weighted by molar-refractivity contribution is 1.08. The number of aromatic amines is 1. The Kier molecular flexibility index (Phi) is 3.35. The summed E-state index contributed by atoms with van der Waals surface area (Å²) < 4.78 is 0.572. The molecule has 2 aromatic heterocycles. The minimum atomic E-state index is 0.572. The van der Waals surface area contributed by atoms with Crippen LogP contribution >= 0.6 is 12.2 Å². The van der Waals surface area contributed by atoms with Crippen molar-refractivity contribution in [3.63, 3.8) is 0 Å². The van der Waals surface area contributed by atoms with Crippen LogP contribution in [0.3, 0.4) is 0 Å². The Morgan fingerprint density at radius 2 is 1.90 bits per heavy atom. The third-order valence-electron chi connectivity index (χ3n) is 3.02. The third-order valence-corrected chi connectivity index (χ3v) is 3.42. The molecule has 0 aliphatic heterocycles. The Morgan fingerprint density at radius 1 is 1.10 bits per heavy atom. The van der Waals surface area contributed by atoms with Crippen molar-refractivity contribution in [1.82, 2.24) is 19.9 Å². The fraction of sp³-hybridized carbons (Fsp3) is 0.0667. The molecule has 20 heavy (non-hydrogen) atoms. The van der Waals surface area contributed by atoms with E-state index in [9.17, 15) is 0 Å². The van der Waals surface area contributed by atoms with Crippen LogP contribution in [0.25, 0.3) is 22.8 Å². The van der Waals surface area contributed by atoms with E-state index in [0.29, 0.717) is 16.2 Å². The Bertz CT molecular complexity index is 782. The van der Waals surface area contributed by atoms with Crippen molar-refractivity contribution in [2.45, 2.75) is 6.92 Å². The predicted molar refractivity (Wildman–Crippen MR) is 80.6 cm³/mol. The summed E-state index contributed by atoms with van der Waals surface area (Å²) >= 11 is 5.35. The van der Waals surface area contributed by atoms with E-state index in [4.69, 9.17) is 12.2 Å². The summed E-state index contributed by atoms with van der Waals surface area (Å²) in [5.74, 6) is 0.632. The van der Waals surface area contributed by atoms with Gasteiger partial charge < -0.3 is 4.98 Å². The quantitative estimate of drug-likeness (QED) is 0.729. The molecule has 0 aliphatic rings. The molecule has 3 aromatic rings. The van der Waals surface area contributed by atoms with Gasteiger partial charge in [0.05, 0.1) is 11.9 Å². The average molecular weight is 280 g/mol. The van der Waals surface area contributed by atoms with Gasteiger partial charge in [-0.25, -0.2) is 9.97 Å². The van der Waals surface area contributed by atoms with Gasteiger partial charge in [0.15, 0.2) is 5.82 Å². The molecule has 0 fully saturated rings. The number of H-pyrrole nitrogens is 1. The second-order valence-electron chi connectivity index (χ2n) is 4.35. The molecule has 0 aliphatic carbocycles. The lowest BCUT2D eigenvalue weighted by Crippen LogP contribution is -1.98. The fourth-order valence-corrected chi connectivity index (χ4v) is 2.16. The first kappa shape index (κ1) is 12.6. The summed E-state index contributed by atoms with van der Waals surface area (Å²) in [6.07, 6.45) is 4.93. The molecule has 0 bridgehead atoms. The van der Waals surface area contributed by atoms with Crippen molar-refractivity contribution >= 4 is 12.2 Å². The molecule has 0 atom stereocenters. The number of nitrogens with one attached hydrogen (secondary N) is 1. The molecule has 1 aromatic carbocycles. The van der Waals surface area contributed by atoms with Gasteiger partial charge >= 0.3 is 0 Å². The molecule has 1 N–H and O–H groups in total. The zero-order valence-electron chi connectivity index (χ0n) is 10.9. The second kappa shape index (κ2) is 5.30. The van der Waals surface area contributed by atoms with Gasteiger partial charge in [-0.3, -0.25) is 4.98 Å². The minimum absolute atomic E-state index is 0.572. The number of nitrogens with zero attached hydrogens (tertiary/aromatic N) is 3. The van der Waals surface area contributed by atoms with Crippen molar-refractivity contribution in [3.05, 3.63) is 59.1 Å². The number of hydrogen-bond acceptors (Lipinski definition) is 4. The minimum Gasteiger partial charge on any atom is -0.338 e. The van der Waals surface area contributed by atoms with Crippen molar-refractivity contribution in [3.8, 4) is 22.8 Å². The van der Waals surface area contributed by atoms with E-state index in [-0.39, 0.29) is 0 Å². The molecular formula is C15H12N4S. The Hall–Kier alpha value is -2.40. The molecule has 0 saturated carbocycles. The first-order valence-corrected chi connectivity index (χ1v) is 6.59. The van der Waals surface area contributed by atoms with Crippen LogP contribution in [0.5, 0.6) is 0 Å². The van der Waals surface area contributed by atoms with Crippen LogP contribution in [0, 0.1) is 11.6 Å². The second-order valence-corrected chi connectivity index (χ2v) is 4.73. The molecule has 98 valence electrons. The molecule has 0 spiro atoms. The van der Waals surface area contributed by atoms with E-state index < -0.39 is 0 Å². The van der Waals surface area contributed by atoms with Gasteiger partial charge in [0, 0.05) is 18.0 Å². The normalized spacial score (nSPS) is 10.4. The standard InChI is InChI=1S/C15H12N4S/c1-10-13(11-5-3-2-4-6-11)18-14(19-15(10)20)12-9-16-7-8-17-12/h2-9H,1H3,(H,18,19,20). The van der Waals surface area contributed by atoms with Gasteiger partial charge in [-0.1, -0.05) is 42.5 Å². The number of aromatic nitrogens is 4. The highest BCUT2D eigenvalue weighted by Gasteiger charge is 2.09. The summed E-state index contributed by atoms with van der Waals surface area (Å²) in [5, 5.41) is 0. The van der Waals surface area contributed by atoms with E-state index in [0.717, 1.165) is 16.8 Å². The lowest BCUT2D eigenvalue weighted by Gasteiger charge is -2.09. The summed E-state index contributed by atoms with van der Waals surface area (Å²) in [4.78, 5) is 16.0. The summed E-state index contributed by atoms with van der Waals surface area (Å²) in [7, 11) is 0. The van der Waals surface area contributed by atoms with Crippen LogP contribution in [0.15, 0.2) is 48.9 Å². The maximum atomic E-state index is 5.35. The number of benzene rings is 1. The SMILES string of the molecule is Cc1c(-c2ccccc2)[nH]c(-c2cnccn2)nc1=S.